The molecule has 208 valence electrons. The number of hydrogen-bond acceptors (Lipinski definition) is 4. The molecule has 6 rings (SSSR count). The molecule has 0 spiro atoms. The van der Waals surface area contributed by atoms with E-state index >= 15 is 0 Å². The number of rotatable bonds is 8. The molecule has 2 heterocycles. The average Bonchev–Trinajstić information content (AvgIpc) is 3.09. The van der Waals surface area contributed by atoms with E-state index in [-0.39, 0.29) is 0 Å². The van der Waals surface area contributed by atoms with Gasteiger partial charge in [0, 0.05) is 33.4 Å². The van der Waals surface area contributed by atoms with Crippen molar-refractivity contribution in [2.75, 3.05) is 0 Å². The second kappa shape index (κ2) is 13.2. The zero-order valence-corrected chi connectivity index (χ0v) is 24.3. The number of hydrogen-bond donors (Lipinski definition) is 0. The zero-order chi connectivity index (χ0) is 29.4. The third-order valence-electron chi connectivity index (χ3n) is 7.17. The SMILES string of the molecule is C=C/C=C(\C=C\Cl)c1cc(-c2ccccc2)nc(-c2ccc(-c3nc(C4=CC=CCC4)cc(-c4ccccc4)n3)cc2)n1. The van der Waals surface area contributed by atoms with Gasteiger partial charge in [0.05, 0.1) is 22.8 Å². The summed E-state index contributed by atoms with van der Waals surface area (Å²) in [6, 6.07) is 32.5. The molecule has 5 heteroatoms. The van der Waals surface area contributed by atoms with Gasteiger partial charge in [0.15, 0.2) is 11.6 Å². The molecule has 0 radical (unpaired) electrons. The summed E-state index contributed by atoms with van der Waals surface area (Å²) >= 11 is 5.96. The predicted octanol–water partition coefficient (Wildman–Crippen LogP) is 9.99. The van der Waals surface area contributed by atoms with Crippen LogP contribution in [0.1, 0.15) is 24.2 Å². The van der Waals surface area contributed by atoms with Gasteiger partial charge < -0.3 is 0 Å². The van der Waals surface area contributed by atoms with Crippen LogP contribution in [-0.2, 0) is 0 Å². The van der Waals surface area contributed by atoms with Gasteiger partial charge in [-0.3, -0.25) is 0 Å². The highest BCUT2D eigenvalue weighted by Crippen LogP contribution is 2.31. The highest BCUT2D eigenvalue weighted by atomic mass is 35.5. The van der Waals surface area contributed by atoms with Gasteiger partial charge in [-0.2, -0.15) is 0 Å². The largest absolute Gasteiger partial charge is 0.228 e. The van der Waals surface area contributed by atoms with E-state index in [4.69, 9.17) is 31.5 Å². The van der Waals surface area contributed by atoms with E-state index < -0.39 is 0 Å². The van der Waals surface area contributed by atoms with Crippen molar-refractivity contribution < 1.29 is 0 Å². The summed E-state index contributed by atoms with van der Waals surface area (Å²) in [5.74, 6) is 1.29. The van der Waals surface area contributed by atoms with E-state index in [1.54, 1.807) is 12.2 Å². The first kappa shape index (κ1) is 28.0. The van der Waals surface area contributed by atoms with Crippen LogP contribution in [-0.4, -0.2) is 19.9 Å². The maximum absolute atomic E-state index is 5.96. The minimum atomic E-state index is 0.611. The second-order valence-electron chi connectivity index (χ2n) is 10.0. The number of halogens is 1. The summed E-state index contributed by atoms with van der Waals surface area (Å²) in [4.78, 5) is 19.8. The van der Waals surface area contributed by atoms with E-state index in [9.17, 15) is 0 Å². The Morgan fingerprint density at radius 1 is 0.674 bits per heavy atom. The molecule has 0 N–H and O–H groups in total. The minimum Gasteiger partial charge on any atom is -0.228 e. The van der Waals surface area contributed by atoms with Crippen molar-refractivity contribution in [3.05, 3.63) is 157 Å². The Labute approximate surface area is 257 Å². The van der Waals surface area contributed by atoms with Gasteiger partial charge in [0.1, 0.15) is 0 Å². The summed E-state index contributed by atoms with van der Waals surface area (Å²) in [6.45, 7) is 3.85. The lowest BCUT2D eigenvalue weighted by molar-refractivity contribution is 1.03. The summed E-state index contributed by atoms with van der Waals surface area (Å²) in [5, 5.41) is 0. The molecule has 0 saturated heterocycles. The van der Waals surface area contributed by atoms with E-state index in [1.165, 1.54) is 11.1 Å². The Kier molecular flexibility index (Phi) is 8.58. The first-order valence-corrected chi connectivity index (χ1v) is 14.6. The van der Waals surface area contributed by atoms with Gasteiger partial charge in [0.25, 0.3) is 0 Å². The Morgan fingerprint density at radius 2 is 1.26 bits per heavy atom. The Balaban J connectivity index is 1.43. The highest BCUT2D eigenvalue weighted by Gasteiger charge is 2.14. The van der Waals surface area contributed by atoms with Crippen LogP contribution in [0.5, 0.6) is 0 Å². The van der Waals surface area contributed by atoms with E-state index in [1.807, 2.05) is 84.9 Å². The number of allylic oxidation sites excluding steroid dienone is 8. The maximum Gasteiger partial charge on any atom is 0.160 e. The predicted molar refractivity (Wildman–Crippen MR) is 179 cm³/mol. The van der Waals surface area contributed by atoms with E-state index in [0.29, 0.717) is 11.6 Å². The van der Waals surface area contributed by atoms with E-state index in [2.05, 4.69) is 43.0 Å². The molecular formula is C38H29ClN4. The van der Waals surface area contributed by atoms with Gasteiger partial charge in [-0.25, -0.2) is 19.9 Å². The fraction of sp³-hybridized carbons (Fsp3) is 0.0526. The lowest BCUT2D eigenvalue weighted by Gasteiger charge is -2.13. The fourth-order valence-electron chi connectivity index (χ4n) is 4.98. The second-order valence-corrected chi connectivity index (χ2v) is 10.3. The maximum atomic E-state index is 5.96. The van der Waals surface area contributed by atoms with E-state index in [0.717, 1.165) is 63.4 Å². The van der Waals surface area contributed by atoms with Gasteiger partial charge in [-0.1, -0.05) is 133 Å². The normalized spacial score (nSPS) is 13.2. The molecule has 0 fully saturated rings. The molecule has 0 aliphatic heterocycles. The molecule has 5 aromatic rings. The number of aromatic nitrogens is 4. The monoisotopic (exact) mass is 576 g/mol. The summed E-state index contributed by atoms with van der Waals surface area (Å²) < 4.78 is 0. The fourth-order valence-corrected chi connectivity index (χ4v) is 5.12. The lowest BCUT2D eigenvalue weighted by Crippen LogP contribution is -2.00. The topological polar surface area (TPSA) is 51.6 Å². The van der Waals surface area contributed by atoms with Crippen molar-refractivity contribution in [1.29, 1.82) is 0 Å². The lowest BCUT2D eigenvalue weighted by atomic mass is 10.00. The van der Waals surface area contributed by atoms with Crippen LogP contribution in [0.15, 0.2) is 146 Å². The molecule has 1 aliphatic carbocycles. The van der Waals surface area contributed by atoms with Crippen LogP contribution in [0.4, 0.5) is 0 Å². The van der Waals surface area contributed by atoms with Crippen molar-refractivity contribution in [2.24, 2.45) is 0 Å². The average molecular weight is 577 g/mol. The molecule has 0 bridgehead atoms. The minimum absolute atomic E-state index is 0.611. The smallest absolute Gasteiger partial charge is 0.160 e. The third kappa shape index (κ3) is 6.50. The first-order chi connectivity index (χ1) is 21.2. The molecule has 0 amide bonds. The Morgan fingerprint density at radius 3 is 1.81 bits per heavy atom. The van der Waals surface area contributed by atoms with Crippen molar-refractivity contribution in [2.45, 2.75) is 12.8 Å². The molecule has 0 saturated carbocycles. The summed E-state index contributed by atoms with van der Waals surface area (Å²) in [7, 11) is 0. The number of nitrogens with zero attached hydrogens (tertiary/aromatic N) is 4. The highest BCUT2D eigenvalue weighted by molar-refractivity contribution is 6.26. The quantitative estimate of drug-likeness (QED) is 0.172. The summed E-state index contributed by atoms with van der Waals surface area (Å²) in [5.41, 5.74) is 10.8. The van der Waals surface area contributed by atoms with Crippen LogP contribution in [0, 0.1) is 0 Å². The van der Waals surface area contributed by atoms with Crippen LogP contribution in [0.3, 0.4) is 0 Å². The van der Waals surface area contributed by atoms with Gasteiger partial charge >= 0.3 is 0 Å². The van der Waals surface area contributed by atoms with Crippen LogP contribution in [0.25, 0.3) is 56.4 Å². The van der Waals surface area contributed by atoms with Gasteiger partial charge in [-0.15, -0.1) is 0 Å². The first-order valence-electron chi connectivity index (χ1n) is 14.2. The molecule has 0 unspecified atom stereocenters. The standard InChI is InChI=1S/C38H29ClN4/c1-2-12-27(23-24-39)33-25-34(28-13-6-3-7-14-28)41-37(40-33)31-19-21-32(22-20-31)38-42-35(29-15-8-4-9-16-29)26-36(43-38)30-17-10-5-11-18-30/h2-10,12-17,19-26H,1,11,18H2/b24-23+,27-12+. The van der Waals surface area contributed by atoms with Crippen molar-refractivity contribution in [1.82, 2.24) is 19.9 Å². The van der Waals surface area contributed by atoms with Gasteiger partial charge in [-0.05, 0) is 36.6 Å². The van der Waals surface area contributed by atoms with Crippen LogP contribution < -0.4 is 0 Å². The summed E-state index contributed by atoms with van der Waals surface area (Å²) in [6.07, 6.45) is 13.8. The van der Waals surface area contributed by atoms with Crippen molar-refractivity contribution >= 4 is 22.7 Å². The molecule has 43 heavy (non-hydrogen) atoms. The van der Waals surface area contributed by atoms with Crippen molar-refractivity contribution in [3.63, 3.8) is 0 Å². The third-order valence-corrected chi connectivity index (χ3v) is 7.30. The van der Waals surface area contributed by atoms with Crippen LogP contribution in [0.2, 0.25) is 0 Å². The molecule has 1 aliphatic rings. The number of benzene rings is 3. The molecule has 4 nitrogen and oxygen atoms in total. The molecule has 0 atom stereocenters. The van der Waals surface area contributed by atoms with Gasteiger partial charge in [0.2, 0.25) is 0 Å². The van der Waals surface area contributed by atoms with Crippen molar-refractivity contribution in [3.8, 4) is 45.3 Å². The molecular weight excluding hydrogens is 548 g/mol. The Bertz CT molecular complexity index is 1870. The molecule has 2 aromatic heterocycles. The van der Waals surface area contributed by atoms with Crippen LogP contribution >= 0.6 is 11.6 Å². The molecule has 3 aromatic carbocycles. The Hall–Kier alpha value is -5.19. The zero-order valence-electron chi connectivity index (χ0n) is 23.6.